The quantitative estimate of drug-likeness (QED) is 0.774. The molecular weight excluding hydrogens is 320 g/mol. The van der Waals surface area contributed by atoms with Gasteiger partial charge in [0, 0.05) is 26.3 Å². The van der Waals surface area contributed by atoms with Crippen molar-refractivity contribution in [2.45, 2.75) is 31.7 Å². The first-order chi connectivity index (χ1) is 12.1. The van der Waals surface area contributed by atoms with Gasteiger partial charge in [-0.3, -0.25) is 4.79 Å². The summed E-state index contributed by atoms with van der Waals surface area (Å²) in [4.78, 5) is 14.1. The zero-order chi connectivity index (χ0) is 18.2. The zero-order valence-corrected chi connectivity index (χ0v) is 15.5. The Bertz CT molecular complexity index is 534. The summed E-state index contributed by atoms with van der Waals surface area (Å²) in [6.45, 7) is 1.83. The van der Waals surface area contributed by atoms with Gasteiger partial charge in [0.2, 0.25) is 5.91 Å². The molecule has 1 fully saturated rings. The summed E-state index contributed by atoms with van der Waals surface area (Å²) in [5.41, 5.74) is 7.06. The summed E-state index contributed by atoms with van der Waals surface area (Å²) in [6, 6.07) is 5.46. The molecule has 140 valence electrons. The standard InChI is InChI=1S/C19H30N2O4/c1-23-13-18(20)19(22)21-8-6-14(7-9-21)4-5-15-10-16(24-2)12-17(11-15)25-3/h10-12,14,18H,4-9,13,20H2,1-3H3. The lowest BCUT2D eigenvalue weighted by Crippen LogP contribution is -2.48. The van der Waals surface area contributed by atoms with E-state index in [-0.39, 0.29) is 12.5 Å². The van der Waals surface area contributed by atoms with Crippen LogP contribution in [-0.4, -0.2) is 57.9 Å². The number of methoxy groups -OCH3 is 3. The Labute approximate surface area is 150 Å². The Morgan fingerprint density at radius 1 is 1.16 bits per heavy atom. The van der Waals surface area contributed by atoms with Gasteiger partial charge in [-0.25, -0.2) is 0 Å². The molecule has 6 heteroatoms. The minimum atomic E-state index is -0.550. The second-order valence-electron chi connectivity index (χ2n) is 6.59. The maximum atomic E-state index is 12.2. The number of carbonyl (C=O) groups is 1. The Morgan fingerprint density at radius 3 is 2.28 bits per heavy atom. The third-order valence-corrected chi connectivity index (χ3v) is 4.84. The number of likely N-dealkylation sites (tertiary alicyclic amines) is 1. The summed E-state index contributed by atoms with van der Waals surface area (Å²) in [7, 11) is 4.89. The van der Waals surface area contributed by atoms with Gasteiger partial charge < -0.3 is 24.8 Å². The molecule has 1 heterocycles. The van der Waals surface area contributed by atoms with E-state index in [1.54, 1.807) is 21.3 Å². The van der Waals surface area contributed by atoms with Gasteiger partial charge in [0.1, 0.15) is 17.5 Å². The molecule has 1 unspecified atom stereocenters. The van der Waals surface area contributed by atoms with Crippen LogP contribution in [-0.2, 0) is 16.0 Å². The summed E-state index contributed by atoms with van der Waals surface area (Å²) in [5, 5.41) is 0. The van der Waals surface area contributed by atoms with Crippen molar-refractivity contribution >= 4 is 5.91 Å². The van der Waals surface area contributed by atoms with Crippen LogP contribution in [0.4, 0.5) is 0 Å². The van der Waals surface area contributed by atoms with Crippen molar-refractivity contribution in [3.63, 3.8) is 0 Å². The lowest BCUT2D eigenvalue weighted by Gasteiger charge is -2.33. The highest BCUT2D eigenvalue weighted by Crippen LogP contribution is 2.27. The van der Waals surface area contributed by atoms with Gasteiger partial charge in [0.25, 0.3) is 0 Å². The number of rotatable bonds is 8. The van der Waals surface area contributed by atoms with Crippen LogP contribution in [0.5, 0.6) is 11.5 Å². The molecule has 0 radical (unpaired) electrons. The van der Waals surface area contributed by atoms with Crippen LogP contribution in [0.25, 0.3) is 0 Å². The third-order valence-electron chi connectivity index (χ3n) is 4.84. The molecule has 0 spiro atoms. The molecule has 0 aliphatic carbocycles. The topological polar surface area (TPSA) is 74.0 Å². The molecule has 1 atom stereocenters. The van der Waals surface area contributed by atoms with Crippen LogP contribution in [0.1, 0.15) is 24.8 Å². The second-order valence-corrected chi connectivity index (χ2v) is 6.59. The minimum absolute atomic E-state index is 0.00201. The molecule has 1 aromatic carbocycles. The van der Waals surface area contributed by atoms with E-state index in [0.717, 1.165) is 50.3 Å². The van der Waals surface area contributed by atoms with Crippen LogP contribution >= 0.6 is 0 Å². The molecule has 1 aromatic rings. The number of aryl methyl sites for hydroxylation is 1. The predicted molar refractivity (Wildman–Crippen MR) is 97.0 cm³/mol. The molecule has 0 bridgehead atoms. The van der Waals surface area contributed by atoms with Crippen molar-refractivity contribution in [2.75, 3.05) is 41.0 Å². The number of ether oxygens (including phenoxy) is 3. The van der Waals surface area contributed by atoms with Gasteiger partial charge >= 0.3 is 0 Å². The van der Waals surface area contributed by atoms with E-state index in [9.17, 15) is 4.79 Å². The van der Waals surface area contributed by atoms with Crippen LogP contribution in [0, 0.1) is 5.92 Å². The normalized spacial score (nSPS) is 16.6. The average Bonchev–Trinajstić information content (AvgIpc) is 2.66. The molecule has 6 nitrogen and oxygen atoms in total. The molecule has 0 saturated carbocycles. The van der Waals surface area contributed by atoms with E-state index >= 15 is 0 Å². The lowest BCUT2D eigenvalue weighted by atomic mass is 9.90. The van der Waals surface area contributed by atoms with Crippen LogP contribution in [0.3, 0.4) is 0 Å². The first-order valence-electron chi connectivity index (χ1n) is 8.82. The predicted octanol–water partition coefficient (Wildman–Crippen LogP) is 1.85. The van der Waals surface area contributed by atoms with Crippen molar-refractivity contribution in [3.8, 4) is 11.5 Å². The van der Waals surface area contributed by atoms with Gasteiger partial charge in [0.15, 0.2) is 0 Å². The largest absolute Gasteiger partial charge is 0.497 e. The molecule has 25 heavy (non-hydrogen) atoms. The minimum Gasteiger partial charge on any atom is -0.497 e. The number of nitrogens with two attached hydrogens (primary N) is 1. The second kappa shape index (κ2) is 9.63. The number of carbonyl (C=O) groups excluding carboxylic acids is 1. The Hall–Kier alpha value is -1.79. The molecule has 1 saturated heterocycles. The summed E-state index contributed by atoms with van der Waals surface area (Å²) < 4.78 is 15.6. The highest BCUT2D eigenvalue weighted by atomic mass is 16.5. The van der Waals surface area contributed by atoms with Crippen molar-refractivity contribution in [1.29, 1.82) is 0 Å². The van der Waals surface area contributed by atoms with E-state index < -0.39 is 6.04 Å². The molecule has 2 N–H and O–H groups in total. The monoisotopic (exact) mass is 350 g/mol. The summed E-state index contributed by atoms with van der Waals surface area (Å²) in [5.74, 6) is 2.27. The molecule has 2 rings (SSSR count). The van der Waals surface area contributed by atoms with Gasteiger partial charge in [-0.1, -0.05) is 0 Å². The Morgan fingerprint density at radius 2 is 1.76 bits per heavy atom. The van der Waals surface area contributed by atoms with E-state index in [4.69, 9.17) is 19.9 Å². The van der Waals surface area contributed by atoms with E-state index in [1.165, 1.54) is 5.56 Å². The average molecular weight is 350 g/mol. The smallest absolute Gasteiger partial charge is 0.241 e. The van der Waals surface area contributed by atoms with Crippen molar-refractivity contribution < 1.29 is 19.0 Å². The number of amides is 1. The number of piperidine rings is 1. The molecule has 1 aliphatic rings. The molecule has 1 amide bonds. The third kappa shape index (κ3) is 5.61. The first kappa shape index (κ1) is 19.5. The fourth-order valence-electron chi connectivity index (χ4n) is 3.31. The highest BCUT2D eigenvalue weighted by molar-refractivity contribution is 5.81. The highest BCUT2D eigenvalue weighted by Gasteiger charge is 2.26. The Kier molecular flexibility index (Phi) is 7.52. The van der Waals surface area contributed by atoms with Crippen molar-refractivity contribution in [1.82, 2.24) is 4.90 Å². The van der Waals surface area contributed by atoms with Gasteiger partial charge in [-0.15, -0.1) is 0 Å². The lowest BCUT2D eigenvalue weighted by molar-refractivity contribution is -0.135. The van der Waals surface area contributed by atoms with Gasteiger partial charge in [-0.2, -0.15) is 0 Å². The fourth-order valence-corrected chi connectivity index (χ4v) is 3.31. The fraction of sp³-hybridized carbons (Fsp3) is 0.632. The Balaban J connectivity index is 1.81. The van der Waals surface area contributed by atoms with Crippen LogP contribution < -0.4 is 15.2 Å². The van der Waals surface area contributed by atoms with Crippen molar-refractivity contribution in [2.24, 2.45) is 11.7 Å². The number of benzene rings is 1. The van der Waals surface area contributed by atoms with Crippen LogP contribution in [0.15, 0.2) is 18.2 Å². The molecule has 1 aliphatic heterocycles. The van der Waals surface area contributed by atoms with Gasteiger partial charge in [0.05, 0.1) is 20.8 Å². The molecule has 0 aromatic heterocycles. The molecular formula is C19H30N2O4. The SMILES string of the molecule is COCC(N)C(=O)N1CCC(CCc2cc(OC)cc(OC)c2)CC1. The number of hydrogen-bond donors (Lipinski definition) is 1. The number of hydrogen-bond acceptors (Lipinski definition) is 5. The van der Waals surface area contributed by atoms with E-state index in [0.29, 0.717) is 5.92 Å². The number of nitrogens with zero attached hydrogens (tertiary/aromatic N) is 1. The van der Waals surface area contributed by atoms with Crippen molar-refractivity contribution in [3.05, 3.63) is 23.8 Å². The maximum Gasteiger partial charge on any atom is 0.241 e. The van der Waals surface area contributed by atoms with Gasteiger partial charge in [-0.05, 0) is 49.3 Å². The summed E-state index contributed by atoms with van der Waals surface area (Å²) >= 11 is 0. The van der Waals surface area contributed by atoms with E-state index in [2.05, 4.69) is 12.1 Å². The van der Waals surface area contributed by atoms with E-state index in [1.807, 2.05) is 11.0 Å². The maximum absolute atomic E-state index is 12.2. The summed E-state index contributed by atoms with van der Waals surface area (Å²) in [6.07, 6.45) is 4.12. The zero-order valence-electron chi connectivity index (χ0n) is 15.5. The van der Waals surface area contributed by atoms with Crippen LogP contribution in [0.2, 0.25) is 0 Å². The first-order valence-corrected chi connectivity index (χ1v) is 8.82.